The van der Waals surface area contributed by atoms with Crippen molar-refractivity contribution in [1.29, 1.82) is 0 Å². The van der Waals surface area contributed by atoms with Crippen LogP contribution in [0.3, 0.4) is 0 Å². The summed E-state index contributed by atoms with van der Waals surface area (Å²) in [5.41, 5.74) is 1.56. The van der Waals surface area contributed by atoms with Crippen LogP contribution in [-0.4, -0.2) is 15.1 Å². The molecule has 0 atom stereocenters. The molecule has 0 radical (unpaired) electrons. The zero-order valence-corrected chi connectivity index (χ0v) is 7.56. The van der Waals surface area contributed by atoms with Gasteiger partial charge in [0.2, 0.25) is 11.6 Å². The maximum atomic E-state index is 11.5. The van der Waals surface area contributed by atoms with E-state index in [-0.39, 0.29) is 5.78 Å². The zero-order valence-electron chi connectivity index (χ0n) is 5.93. The first-order valence-corrected chi connectivity index (χ1v) is 4.94. The summed E-state index contributed by atoms with van der Waals surface area (Å²) in [7, 11) is 0. The van der Waals surface area contributed by atoms with Gasteiger partial charge in [-0.25, -0.2) is 4.98 Å². The van der Waals surface area contributed by atoms with E-state index in [9.17, 15) is 4.79 Å². The molecular formula is C7H4N2OS2. The average Bonchev–Trinajstić information content (AvgIpc) is 2.77. The summed E-state index contributed by atoms with van der Waals surface area (Å²) in [6, 6.07) is 3.61. The Labute approximate surface area is 76.9 Å². The molecule has 0 N–H and O–H groups in total. The molecule has 0 saturated heterocycles. The fraction of sp³-hybridized carbons (Fsp3) is 0. The van der Waals surface area contributed by atoms with Gasteiger partial charge in [-0.2, -0.15) is 4.37 Å². The molecule has 0 amide bonds. The van der Waals surface area contributed by atoms with Gasteiger partial charge in [-0.05, 0) is 23.0 Å². The number of hydrogen-bond donors (Lipinski definition) is 0. The third-order valence-corrected chi connectivity index (χ3v) is 2.66. The molecular weight excluding hydrogens is 192 g/mol. The molecule has 0 aliphatic carbocycles. The summed E-state index contributed by atoms with van der Waals surface area (Å²) in [5.74, 6) is 0.203. The van der Waals surface area contributed by atoms with Crippen LogP contribution in [0.25, 0.3) is 0 Å². The average molecular weight is 196 g/mol. The molecule has 0 saturated carbocycles. The summed E-state index contributed by atoms with van der Waals surface area (Å²) in [5, 5.41) is 1.86. The Morgan fingerprint density at radius 2 is 2.42 bits per heavy atom. The van der Waals surface area contributed by atoms with Crippen molar-refractivity contribution in [3.8, 4) is 0 Å². The summed E-state index contributed by atoms with van der Waals surface area (Å²) in [6.45, 7) is 0. The minimum atomic E-state index is -0.0914. The van der Waals surface area contributed by atoms with E-state index in [0.717, 1.165) is 0 Å². The van der Waals surface area contributed by atoms with Crippen LogP contribution < -0.4 is 0 Å². The number of aromatic nitrogens is 2. The molecule has 0 aromatic carbocycles. The lowest BCUT2D eigenvalue weighted by atomic mass is 10.3. The molecule has 60 valence electrons. The normalized spacial score (nSPS) is 10.0. The third-order valence-electron chi connectivity index (χ3n) is 1.31. The second kappa shape index (κ2) is 3.12. The maximum Gasteiger partial charge on any atom is 0.241 e. The highest BCUT2D eigenvalue weighted by Crippen LogP contribution is 2.12. The Hall–Kier alpha value is -1.07. The highest BCUT2D eigenvalue weighted by Gasteiger charge is 2.12. The van der Waals surface area contributed by atoms with Crippen molar-refractivity contribution in [2.75, 3.05) is 0 Å². The van der Waals surface area contributed by atoms with Crippen molar-refractivity contribution >= 4 is 28.7 Å². The molecule has 0 aliphatic rings. The highest BCUT2D eigenvalue weighted by atomic mass is 32.1. The van der Waals surface area contributed by atoms with Crippen LogP contribution >= 0.6 is 22.9 Å². The van der Waals surface area contributed by atoms with Gasteiger partial charge in [-0.15, -0.1) is 11.3 Å². The van der Waals surface area contributed by atoms with E-state index in [2.05, 4.69) is 9.36 Å². The smallest absolute Gasteiger partial charge is 0.241 e. The van der Waals surface area contributed by atoms with Gasteiger partial charge in [0, 0.05) is 0 Å². The topological polar surface area (TPSA) is 42.9 Å². The quantitative estimate of drug-likeness (QED) is 0.688. The standard InChI is InChI=1S/C7H4N2OS2/c10-6(5-2-1-3-11-5)7-8-4-12-9-7/h1-4H. The fourth-order valence-electron chi connectivity index (χ4n) is 0.789. The zero-order chi connectivity index (χ0) is 8.39. The van der Waals surface area contributed by atoms with Gasteiger partial charge in [0.15, 0.2) is 0 Å². The number of rotatable bonds is 2. The minimum absolute atomic E-state index is 0.0914. The van der Waals surface area contributed by atoms with Crippen LogP contribution in [0.1, 0.15) is 15.5 Å². The molecule has 0 aliphatic heterocycles. The molecule has 2 aromatic heterocycles. The van der Waals surface area contributed by atoms with E-state index in [4.69, 9.17) is 0 Å². The van der Waals surface area contributed by atoms with E-state index < -0.39 is 0 Å². The summed E-state index contributed by atoms with van der Waals surface area (Å²) < 4.78 is 3.86. The van der Waals surface area contributed by atoms with Crippen LogP contribution in [0, 0.1) is 0 Å². The van der Waals surface area contributed by atoms with Gasteiger partial charge in [-0.3, -0.25) is 4.79 Å². The summed E-state index contributed by atoms with van der Waals surface area (Å²) in [4.78, 5) is 16.0. The Kier molecular flexibility index (Phi) is 1.97. The van der Waals surface area contributed by atoms with E-state index >= 15 is 0 Å². The van der Waals surface area contributed by atoms with Gasteiger partial charge < -0.3 is 0 Å². The highest BCUT2D eigenvalue weighted by molar-refractivity contribution is 7.12. The van der Waals surface area contributed by atoms with E-state index in [0.29, 0.717) is 10.7 Å². The lowest BCUT2D eigenvalue weighted by Gasteiger charge is -1.87. The van der Waals surface area contributed by atoms with Gasteiger partial charge in [0.1, 0.15) is 5.51 Å². The third kappa shape index (κ3) is 1.28. The molecule has 0 fully saturated rings. The number of carbonyl (C=O) groups excluding carboxylic acids is 1. The van der Waals surface area contributed by atoms with Gasteiger partial charge in [0.25, 0.3) is 0 Å². The number of hydrogen-bond acceptors (Lipinski definition) is 5. The molecule has 0 bridgehead atoms. The largest absolute Gasteiger partial charge is 0.284 e. The van der Waals surface area contributed by atoms with Gasteiger partial charge in [-0.1, -0.05) is 6.07 Å². The van der Waals surface area contributed by atoms with Crippen molar-refractivity contribution < 1.29 is 4.79 Å². The lowest BCUT2D eigenvalue weighted by Crippen LogP contribution is -2.00. The Balaban J connectivity index is 2.34. The second-order valence-electron chi connectivity index (χ2n) is 2.06. The van der Waals surface area contributed by atoms with Crippen LogP contribution in [-0.2, 0) is 0 Å². The summed E-state index contributed by atoms with van der Waals surface area (Å²) >= 11 is 2.59. The predicted molar refractivity (Wildman–Crippen MR) is 47.7 cm³/mol. The first kappa shape index (κ1) is 7.57. The first-order valence-electron chi connectivity index (χ1n) is 3.22. The Morgan fingerprint density at radius 3 is 3.00 bits per heavy atom. The molecule has 12 heavy (non-hydrogen) atoms. The van der Waals surface area contributed by atoms with Crippen molar-refractivity contribution in [2.45, 2.75) is 0 Å². The monoisotopic (exact) mass is 196 g/mol. The predicted octanol–water partition coefficient (Wildman–Crippen LogP) is 1.83. The van der Waals surface area contributed by atoms with Crippen molar-refractivity contribution in [3.63, 3.8) is 0 Å². The Morgan fingerprint density at radius 1 is 1.50 bits per heavy atom. The molecule has 0 spiro atoms. The molecule has 2 rings (SSSR count). The first-order chi connectivity index (χ1) is 5.88. The van der Waals surface area contributed by atoms with Crippen LogP contribution in [0.5, 0.6) is 0 Å². The molecule has 0 unspecified atom stereocenters. The molecule has 2 aromatic rings. The summed E-state index contributed by atoms with van der Waals surface area (Å²) in [6.07, 6.45) is 0. The number of thiophene rings is 1. The number of ketones is 1. The number of nitrogens with zero attached hydrogens (tertiary/aromatic N) is 2. The SMILES string of the molecule is O=C(c1ncsn1)c1cccs1. The van der Waals surface area contributed by atoms with Crippen LogP contribution in [0.15, 0.2) is 23.0 Å². The van der Waals surface area contributed by atoms with E-state index in [1.54, 1.807) is 11.6 Å². The van der Waals surface area contributed by atoms with Gasteiger partial charge in [0.05, 0.1) is 4.88 Å². The van der Waals surface area contributed by atoms with Crippen LogP contribution in [0.2, 0.25) is 0 Å². The van der Waals surface area contributed by atoms with Crippen molar-refractivity contribution in [3.05, 3.63) is 33.7 Å². The maximum absolute atomic E-state index is 11.5. The van der Waals surface area contributed by atoms with Crippen molar-refractivity contribution in [2.24, 2.45) is 0 Å². The van der Waals surface area contributed by atoms with Gasteiger partial charge >= 0.3 is 0 Å². The molecule has 3 nitrogen and oxygen atoms in total. The van der Waals surface area contributed by atoms with Crippen LogP contribution in [0.4, 0.5) is 0 Å². The van der Waals surface area contributed by atoms with E-state index in [1.807, 2.05) is 11.4 Å². The van der Waals surface area contributed by atoms with Crippen molar-refractivity contribution in [1.82, 2.24) is 9.36 Å². The Bertz CT molecular complexity index is 330. The van der Waals surface area contributed by atoms with E-state index in [1.165, 1.54) is 22.9 Å². The fourth-order valence-corrected chi connectivity index (χ4v) is 1.87. The minimum Gasteiger partial charge on any atom is -0.284 e. The number of carbonyl (C=O) groups is 1. The lowest BCUT2D eigenvalue weighted by molar-refractivity contribution is 0.103. The molecule has 5 heteroatoms. The molecule has 2 heterocycles. The second-order valence-corrected chi connectivity index (χ2v) is 3.61.